The zero-order chi connectivity index (χ0) is 21.5. The van der Waals surface area contributed by atoms with Crippen molar-refractivity contribution in [1.82, 2.24) is 24.6 Å². The number of aromatic nitrogens is 3. The fourth-order valence-electron chi connectivity index (χ4n) is 4.43. The average molecular weight is 424 g/mol. The lowest BCUT2D eigenvalue weighted by Gasteiger charge is -2.31. The Morgan fingerprint density at radius 1 is 1.19 bits per heavy atom. The molecule has 2 amide bonds. The quantitative estimate of drug-likeness (QED) is 0.675. The van der Waals surface area contributed by atoms with Crippen LogP contribution >= 0.6 is 0 Å². The minimum Gasteiger partial charge on any atom is -0.351 e. The Morgan fingerprint density at radius 3 is 2.84 bits per heavy atom. The number of anilines is 1. The van der Waals surface area contributed by atoms with Gasteiger partial charge in [-0.3, -0.25) is 14.3 Å². The van der Waals surface area contributed by atoms with E-state index in [9.17, 15) is 14.0 Å². The zero-order valence-electron chi connectivity index (χ0n) is 17.3. The molecule has 8 nitrogen and oxygen atoms in total. The van der Waals surface area contributed by atoms with Gasteiger partial charge in [0.15, 0.2) is 5.82 Å². The number of alkyl halides is 1. The number of benzene rings is 1. The molecule has 0 spiro atoms. The van der Waals surface area contributed by atoms with Crippen molar-refractivity contribution in [2.45, 2.75) is 25.7 Å². The molecule has 9 heteroatoms. The number of rotatable bonds is 3. The van der Waals surface area contributed by atoms with Crippen molar-refractivity contribution in [2.75, 3.05) is 32.0 Å². The van der Waals surface area contributed by atoms with Crippen molar-refractivity contribution in [1.29, 1.82) is 0 Å². The Balaban J connectivity index is 1.27. The number of fused-ring (bicyclic) bond motifs is 2. The number of nitrogens with zero attached hydrogens (tertiary/aromatic N) is 4. The van der Waals surface area contributed by atoms with Gasteiger partial charge in [0.05, 0.1) is 24.7 Å². The number of aromatic amines is 1. The van der Waals surface area contributed by atoms with E-state index in [1.165, 1.54) is 0 Å². The van der Waals surface area contributed by atoms with Crippen LogP contribution in [0.25, 0.3) is 10.9 Å². The third kappa shape index (κ3) is 3.81. The minimum absolute atomic E-state index is 0.0687. The Hall–Kier alpha value is -3.20. The van der Waals surface area contributed by atoms with Crippen molar-refractivity contribution in [3.63, 3.8) is 0 Å². The summed E-state index contributed by atoms with van der Waals surface area (Å²) in [7, 11) is 1.85. The number of halogens is 1. The SMILES string of the molecule is CN1CC[C@H](C(=O)Nc2cc3n(n2)CCN(C(=O)c2cc4ccccc4[nH]2)C3)[C@@H](F)C1. The summed E-state index contributed by atoms with van der Waals surface area (Å²) in [6.45, 7) is 2.43. The van der Waals surface area contributed by atoms with Crippen molar-refractivity contribution >= 4 is 28.5 Å². The molecular formula is C22H25FN6O2. The van der Waals surface area contributed by atoms with E-state index in [2.05, 4.69) is 15.4 Å². The smallest absolute Gasteiger partial charge is 0.270 e. The first-order valence-corrected chi connectivity index (χ1v) is 10.5. The molecule has 1 aromatic carbocycles. The first-order valence-electron chi connectivity index (χ1n) is 10.5. The molecule has 2 aliphatic rings. The number of amides is 2. The molecule has 1 saturated heterocycles. The first-order chi connectivity index (χ1) is 15.0. The largest absolute Gasteiger partial charge is 0.351 e. The molecule has 2 atom stereocenters. The van der Waals surface area contributed by atoms with Gasteiger partial charge in [-0.15, -0.1) is 0 Å². The highest BCUT2D eigenvalue weighted by Gasteiger charge is 2.33. The van der Waals surface area contributed by atoms with E-state index in [0.717, 1.165) is 16.6 Å². The van der Waals surface area contributed by atoms with E-state index in [1.54, 1.807) is 15.6 Å². The molecule has 5 rings (SSSR count). The molecule has 162 valence electrons. The summed E-state index contributed by atoms with van der Waals surface area (Å²) in [5.41, 5.74) is 2.32. The monoisotopic (exact) mass is 424 g/mol. The van der Waals surface area contributed by atoms with Crippen LogP contribution < -0.4 is 5.32 Å². The van der Waals surface area contributed by atoms with Crippen LogP contribution in [0.15, 0.2) is 36.4 Å². The Labute approximate surface area is 179 Å². The normalized spacial score (nSPS) is 21.8. The maximum atomic E-state index is 14.3. The lowest BCUT2D eigenvalue weighted by molar-refractivity contribution is -0.123. The van der Waals surface area contributed by atoms with E-state index < -0.39 is 12.1 Å². The third-order valence-corrected chi connectivity index (χ3v) is 6.18. The van der Waals surface area contributed by atoms with E-state index in [-0.39, 0.29) is 18.4 Å². The van der Waals surface area contributed by atoms with Crippen LogP contribution in [0.1, 0.15) is 22.6 Å². The fraction of sp³-hybridized carbons (Fsp3) is 0.409. The lowest BCUT2D eigenvalue weighted by Crippen LogP contribution is -2.44. The summed E-state index contributed by atoms with van der Waals surface area (Å²) in [5.74, 6) is -0.649. The standard InChI is InChI=1S/C22H25FN6O2/c1-27-7-6-16(17(23)13-27)21(30)25-20-11-15-12-28(8-9-29(15)26-20)22(31)19-10-14-4-2-3-5-18(14)24-19/h2-5,10-11,16-17,24H,6-9,12-13H2,1H3,(H,25,26,30)/t16-,17-/m0/s1. The number of likely N-dealkylation sites (tertiary alicyclic amines) is 1. The minimum atomic E-state index is -1.18. The molecule has 3 aromatic rings. The molecule has 0 saturated carbocycles. The number of hydrogen-bond acceptors (Lipinski definition) is 4. The van der Waals surface area contributed by atoms with Gasteiger partial charge in [-0.05, 0) is 32.1 Å². The highest BCUT2D eigenvalue weighted by Crippen LogP contribution is 2.24. The Morgan fingerprint density at radius 2 is 2.03 bits per heavy atom. The van der Waals surface area contributed by atoms with Crippen molar-refractivity contribution in [3.05, 3.63) is 47.8 Å². The highest BCUT2D eigenvalue weighted by molar-refractivity contribution is 5.98. The molecule has 2 aliphatic heterocycles. The number of carbonyl (C=O) groups is 2. The lowest BCUT2D eigenvalue weighted by atomic mass is 9.94. The summed E-state index contributed by atoms with van der Waals surface area (Å²) < 4.78 is 16.1. The van der Waals surface area contributed by atoms with Crippen molar-refractivity contribution in [2.24, 2.45) is 5.92 Å². The summed E-state index contributed by atoms with van der Waals surface area (Å²) in [6.07, 6.45) is -0.690. The second-order valence-corrected chi connectivity index (χ2v) is 8.40. The van der Waals surface area contributed by atoms with Gasteiger partial charge >= 0.3 is 0 Å². The van der Waals surface area contributed by atoms with Crippen LogP contribution in [0, 0.1) is 5.92 Å². The number of H-pyrrole nitrogens is 1. The summed E-state index contributed by atoms with van der Waals surface area (Å²) in [6, 6.07) is 11.4. The van der Waals surface area contributed by atoms with Gasteiger partial charge < -0.3 is 20.1 Å². The van der Waals surface area contributed by atoms with Crippen LogP contribution in [0.3, 0.4) is 0 Å². The number of hydrogen-bond donors (Lipinski definition) is 2. The predicted molar refractivity (Wildman–Crippen MR) is 114 cm³/mol. The van der Waals surface area contributed by atoms with Gasteiger partial charge in [0.1, 0.15) is 11.9 Å². The highest BCUT2D eigenvalue weighted by atomic mass is 19.1. The second-order valence-electron chi connectivity index (χ2n) is 8.40. The molecule has 0 radical (unpaired) electrons. The van der Waals surface area contributed by atoms with Crippen LogP contribution in [0.5, 0.6) is 0 Å². The van der Waals surface area contributed by atoms with Crippen molar-refractivity contribution in [3.8, 4) is 0 Å². The van der Waals surface area contributed by atoms with E-state index in [4.69, 9.17) is 0 Å². The van der Waals surface area contributed by atoms with Crippen LogP contribution in [0.4, 0.5) is 10.2 Å². The van der Waals surface area contributed by atoms with Crippen LogP contribution in [-0.2, 0) is 17.9 Å². The number of piperidine rings is 1. The molecule has 1 fully saturated rings. The molecule has 0 bridgehead atoms. The van der Waals surface area contributed by atoms with E-state index in [1.807, 2.05) is 42.3 Å². The fourth-order valence-corrected chi connectivity index (χ4v) is 4.43. The summed E-state index contributed by atoms with van der Waals surface area (Å²) >= 11 is 0. The van der Waals surface area contributed by atoms with Gasteiger partial charge in [0, 0.05) is 30.1 Å². The van der Waals surface area contributed by atoms with Crippen LogP contribution in [-0.4, -0.2) is 69.2 Å². The molecular weight excluding hydrogens is 399 g/mol. The molecule has 31 heavy (non-hydrogen) atoms. The Bertz CT molecular complexity index is 1110. The maximum absolute atomic E-state index is 14.3. The van der Waals surface area contributed by atoms with Crippen molar-refractivity contribution < 1.29 is 14.0 Å². The van der Waals surface area contributed by atoms with E-state index in [0.29, 0.717) is 44.1 Å². The maximum Gasteiger partial charge on any atom is 0.270 e. The Kier molecular flexibility index (Phi) is 4.97. The van der Waals surface area contributed by atoms with Crippen LogP contribution in [0.2, 0.25) is 0 Å². The average Bonchev–Trinajstić information content (AvgIpc) is 3.35. The molecule has 2 N–H and O–H groups in total. The molecule has 4 heterocycles. The molecule has 2 aromatic heterocycles. The van der Waals surface area contributed by atoms with E-state index >= 15 is 0 Å². The second kappa shape index (κ2) is 7.81. The molecule has 0 aliphatic carbocycles. The van der Waals surface area contributed by atoms with Gasteiger partial charge in [0.25, 0.3) is 5.91 Å². The number of para-hydroxylation sites is 1. The van der Waals surface area contributed by atoms with Gasteiger partial charge in [-0.1, -0.05) is 18.2 Å². The summed E-state index contributed by atoms with van der Waals surface area (Å²) in [5, 5.41) is 8.20. The molecule has 0 unspecified atom stereocenters. The predicted octanol–water partition coefficient (Wildman–Crippen LogP) is 2.25. The van der Waals surface area contributed by atoms with Gasteiger partial charge in [0.2, 0.25) is 5.91 Å². The zero-order valence-corrected chi connectivity index (χ0v) is 17.3. The van der Waals surface area contributed by atoms with Gasteiger partial charge in [-0.25, -0.2) is 4.39 Å². The number of nitrogens with one attached hydrogen (secondary N) is 2. The topological polar surface area (TPSA) is 86.3 Å². The third-order valence-electron chi connectivity index (χ3n) is 6.18. The first kappa shape index (κ1) is 19.7. The van der Waals surface area contributed by atoms with Gasteiger partial charge in [-0.2, -0.15) is 5.10 Å². The number of carbonyl (C=O) groups excluding carboxylic acids is 2. The summed E-state index contributed by atoms with van der Waals surface area (Å²) in [4.78, 5) is 32.4.